The number of hydrogen-bond acceptors (Lipinski definition) is 2. The van der Waals surface area contributed by atoms with Crippen LogP contribution in [0.4, 0.5) is 18.4 Å². The molecule has 0 unspecified atom stereocenters. The van der Waals surface area contributed by atoms with Gasteiger partial charge in [0.2, 0.25) is 0 Å². The maximum absolute atomic E-state index is 12.3. The van der Waals surface area contributed by atoms with E-state index in [2.05, 4.69) is 0 Å². The molecule has 1 rings (SSSR count). The van der Waals surface area contributed by atoms with Gasteiger partial charge in [-0.05, 0) is 6.07 Å². The van der Waals surface area contributed by atoms with Crippen LogP contribution in [0.3, 0.4) is 0 Å². The van der Waals surface area contributed by atoms with Crippen molar-refractivity contribution in [1.29, 1.82) is 0 Å². The second-order valence-corrected chi connectivity index (χ2v) is 2.48. The van der Waals surface area contributed by atoms with Gasteiger partial charge >= 0.3 is 0 Å². The summed E-state index contributed by atoms with van der Waals surface area (Å²) in [6, 6.07) is 1.46. The van der Waals surface area contributed by atoms with Gasteiger partial charge in [0.25, 0.3) is 0 Å². The molecule has 0 amide bonds. The molecule has 5 heteroatoms. The van der Waals surface area contributed by atoms with E-state index in [9.17, 15) is 12.7 Å². The molecule has 0 saturated carbocycles. The maximum Gasteiger partial charge on any atom is 0.160 e. The predicted octanol–water partition coefficient (Wildman–Crippen LogP) is 2.52. The molecule has 0 aliphatic rings. The van der Waals surface area contributed by atoms with E-state index in [0.717, 1.165) is 12.1 Å². The van der Waals surface area contributed by atoms with Crippen molar-refractivity contribution in [3.63, 3.8) is 0 Å². The van der Waals surface area contributed by atoms with Gasteiger partial charge < -0.3 is 5.73 Å². The molecule has 60 valence electrons. The van der Waals surface area contributed by atoms with Gasteiger partial charge in [-0.2, -0.15) is 3.89 Å². The van der Waals surface area contributed by atoms with Gasteiger partial charge in [-0.3, -0.25) is 0 Å². The van der Waals surface area contributed by atoms with Crippen LogP contribution in [0.1, 0.15) is 0 Å². The highest BCUT2D eigenvalue weighted by molar-refractivity contribution is 7.94. The SMILES string of the molecule is Nc1cc(F)c(F)cc1SF. The number of benzene rings is 1. The monoisotopic (exact) mass is 179 g/mol. The standard InChI is InChI=1S/C6H4F3NS/c7-3-1-5(10)6(11-9)2-4(3)8/h1-2H,10H2. The molecule has 2 N–H and O–H groups in total. The molecular weight excluding hydrogens is 175 g/mol. The molecule has 1 aromatic carbocycles. The van der Waals surface area contributed by atoms with Gasteiger partial charge in [-0.15, -0.1) is 0 Å². The molecule has 0 radical (unpaired) electrons. The van der Waals surface area contributed by atoms with E-state index in [4.69, 9.17) is 5.73 Å². The van der Waals surface area contributed by atoms with Gasteiger partial charge in [-0.25, -0.2) is 8.78 Å². The van der Waals surface area contributed by atoms with Crippen molar-refractivity contribution in [2.45, 2.75) is 4.90 Å². The summed E-state index contributed by atoms with van der Waals surface area (Å²) in [6.07, 6.45) is 0. The molecule has 0 spiro atoms. The normalized spacial score (nSPS) is 10.1. The Balaban J connectivity index is 3.21. The van der Waals surface area contributed by atoms with Crippen LogP contribution >= 0.6 is 12.1 Å². The summed E-state index contributed by atoms with van der Waals surface area (Å²) in [5.41, 5.74) is 5.03. The Bertz CT molecular complexity index is 277. The Kier molecular flexibility index (Phi) is 2.28. The predicted molar refractivity (Wildman–Crippen MR) is 37.7 cm³/mol. The molecule has 1 aromatic rings. The summed E-state index contributed by atoms with van der Waals surface area (Å²) >= 11 is -0.213. The van der Waals surface area contributed by atoms with E-state index in [-0.39, 0.29) is 22.7 Å². The largest absolute Gasteiger partial charge is 0.398 e. The minimum atomic E-state index is -1.10. The number of nitrogens with two attached hydrogens (primary N) is 1. The fraction of sp³-hybridized carbons (Fsp3) is 0. The molecule has 0 aliphatic heterocycles. The lowest BCUT2D eigenvalue weighted by molar-refractivity contribution is 0.506. The lowest BCUT2D eigenvalue weighted by Gasteiger charge is -1.99. The Labute approximate surface area is 65.7 Å². The number of halogens is 3. The van der Waals surface area contributed by atoms with E-state index in [1.807, 2.05) is 0 Å². The Morgan fingerprint density at radius 1 is 1.18 bits per heavy atom. The van der Waals surface area contributed by atoms with Crippen molar-refractivity contribution in [1.82, 2.24) is 0 Å². The first-order chi connectivity index (χ1) is 5.15. The summed E-state index contributed by atoms with van der Waals surface area (Å²) < 4.78 is 36.5. The van der Waals surface area contributed by atoms with E-state index in [1.54, 1.807) is 0 Å². The van der Waals surface area contributed by atoms with E-state index in [0.29, 0.717) is 0 Å². The highest BCUT2D eigenvalue weighted by atomic mass is 32.2. The first kappa shape index (κ1) is 8.26. The molecule has 0 heterocycles. The molecule has 0 saturated heterocycles. The van der Waals surface area contributed by atoms with Gasteiger partial charge in [0, 0.05) is 6.07 Å². The quantitative estimate of drug-likeness (QED) is 0.670. The Morgan fingerprint density at radius 2 is 1.73 bits per heavy atom. The zero-order valence-corrected chi connectivity index (χ0v) is 6.09. The maximum atomic E-state index is 12.3. The second-order valence-electron chi connectivity index (χ2n) is 1.88. The summed E-state index contributed by atoms with van der Waals surface area (Å²) in [6.45, 7) is 0. The van der Waals surface area contributed by atoms with Crippen LogP contribution in [0.25, 0.3) is 0 Å². The minimum absolute atomic E-state index is 0.101. The topological polar surface area (TPSA) is 26.0 Å². The van der Waals surface area contributed by atoms with E-state index in [1.165, 1.54) is 0 Å². The molecule has 0 bridgehead atoms. The van der Waals surface area contributed by atoms with Gasteiger partial charge in [0.05, 0.1) is 22.7 Å². The average molecular weight is 179 g/mol. The summed E-state index contributed by atoms with van der Waals surface area (Å²) in [5.74, 6) is -2.17. The second kappa shape index (κ2) is 3.04. The van der Waals surface area contributed by atoms with Crippen LogP contribution in [0.15, 0.2) is 17.0 Å². The third-order valence-electron chi connectivity index (χ3n) is 1.14. The van der Waals surface area contributed by atoms with Gasteiger partial charge in [-0.1, -0.05) is 0 Å². The molecular formula is C6H4F3NS. The van der Waals surface area contributed by atoms with Crippen molar-refractivity contribution in [3.8, 4) is 0 Å². The van der Waals surface area contributed by atoms with Crippen molar-refractivity contribution in [2.75, 3.05) is 5.73 Å². The molecule has 0 atom stereocenters. The van der Waals surface area contributed by atoms with Crippen LogP contribution in [0, 0.1) is 11.6 Å². The smallest absolute Gasteiger partial charge is 0.160 e. The number of nitrogen functional groups attached to an aromatic ring is 1. The van der Waals surface area contributed by atoms with Crippen molar-refractivity contribution in [2.24, 2.45) is 0 Å². The van der Waals surface area contributed by atoms with Crippen molar-refractivity contribution < 1.29 is 12.7 Å². The molecule has 11 heavy (non-hydrogen) atoms. The van der Waals surface area contributed by atoms with Crippen LogP contribution in [0.5, 0.6) is 0 Å². The first-order valence-electron chi connectivity index (χ1n) is 2.68. The minimum Gasteiger partial charge on any atom is -0.398 e. The Morgan fingerprint density at radius 3 is 2.27 bits per heavy atom. The molecule has 1 nitrogen and oxygen atoms in total. The third kappa shape index (κ3) is 1.59. The first-order valence-corrected chi connectivity index (χ1v) is 3.40. The average Bonchev–Trinajstić information content (AvgIpc) is 1.97. The van der Waals surface area contributed by atoms with Gasteiger partial charge in [0.1, 0.15) is 0 Å². The van der Waals surface area contributed by atoms with Crippen LogP contribution in [0.2, 0.25) is 0 Å². The van der Waals surface area contributed by atoms with Gasteiger partial charge in [0.15, 0.2) is 11.6 Å². The van der Waals surface area contributed by atoms with Crippen LogP contribution in [-0.2, 0) is 0 Å². The number of anilines is 1. The van der Waals surface area contributed by atoms with E-state index < -0.39 is 11.6 Å². The van der Waals surface area contributed by atoms with E-state index >= 15 is 0 Å². The highest BCUT2D eigenvalue weighted by Crippen LogP contribution is 2.27. The molecule has 0 aromatic heterocycles. The van der Waals surface area contributed by atoms with Crippen molar-refractivity contribution >= 4 is 17.8 Å². The fourth-order valence-electron chi connectivity index (χ4n) is 0.611. The number of rotatable bonds is 1. The number of hydrogen-bond donors (Lipinski definition) is 1. The molecule has 0 fully saturated rings. The Hall–Kier alpha value is -0.840. The zero-order chi connectivity index (χ0) is 8.43. The lowest BCUT2D eigenvalue weighted by atomic mass is 10.3. The fourth-order valence-corrected chi connectivity index (χ4v) is 0.907. The highest BCUT2D eigenvalue weighted by Gasteiger charge is 2.07. The third-order valence-corrected chi connectivity index (χ3v) is 1.66. The van der Waals surface area contributed by atoms with Crippen LogP contribution in [-0.4, -0.2) is 0 Å². The molecule has 0 aliphatic carbocycles. The van der Waals surface area contributed by atoms with Crippen molar-refractivity contribution in [3.05, 3.63) is 23.8 Å². The zero-order valence-electron chi connectivity index (χ0n) is 5.27. The lowest BCUT2D eigenvalue weighted by Crippen LogP contribution is -1.92. The summed E-state index contributed by atoms with van der Waals surface area (Å²) in [7, 11) is 0. The summed E-state index contributed by atoms with van der Waals surface area (Å²) in [4.78, 5) is -0.107. The van der Waals surface area contributed by atoms with Crippen LogP contribution < -0.4 is 5.73 Å². The summed E-state index contributed by atoms with van der Waals surface area (Å²) in [5, 5.41) is 0.